The molecule has 134 valence electrons. The van der Waals surface area contributed by atoms with Crippen molar-refractivity contribution in [2.24, 2.45) is 0 Å². The number of rotatable bonds is 5. The largest absolute Gasteiger partial charge is 0.318 e. The van der Waals surface area contributed by atoms with Crippen LogP contribution in [-0.4, -0.2) is 16.1 Å². The van der Waals surface area contributed by atoms with E-state index in [1.807, 2.05) is 32.0 Å². The number of ketones is 1. The Morgan fingerprint density at radius 1 is 0.962 bits per heavy atom. The normalized spacial score (nSPS) is 11.0. The first-order chi connectivity index (χ1) is 12.4. The maximum atomic E-state index is 12.8. The highest BCUT2D eigenvalue weighted by Gasteiger charge is 2.17. The Hall–Kier alpha value is -1.78. The molecule has 3 rings (SSSR count). The van der Waals surface area contributed by atoms with Crippen LogP contribution in [0.1, 0.15) is 32.9 Å². The van der Waals surface area contributed by atoms with Crippen LogP contribution in [0.5, 0.6) is 0 Å². The second kappa shape index (κ2) is 7.85. The van der Waals surface area contributed by atoms with Gasteiger partial charge >= 0.3 is 0 Å². The molecule has 26 heavy (non-hydrogen) atoms. The lowest BCUT2D eigenvalue weighted by Gasteiger charge is -2.10. The average molecular weight is 428 g/mol. The minimum absolute atomic E-state index is 0.171. The van der Waals surface area contributed by atoms with E-state index in [0.29, 0.717) is 5.75 Å². The van der Waals surface area contributed by atoms with Crippen molar-refractivity contribution in [2.45, 2.75) is 32.6 Å². The Morgan fingerprint density at radius 2 is 1.65 bits per heavy atom. The van der Waals surface area contributed by atoms with E-state index in [-0.39, 0.29) is 5.78 Å². The number of carbonyl (C=O) groups is 1. The number of aryl methyl sites for hydroxylation is 3. The molecule has 1 aromatic heterocycles. The zero-order valence-electron chi connectivity index (χ0n) is 15.5. The van der Waals surface area contributed by atoms with Gasteiger partial charge in [0, 0.05) is 32.0 Å². The maximum Gasteiger partial charge on any atom is 0.174 e. The second-order valence-electron chi connectivity index (χ2n) is 6.55. The third-order valence-electron chi connectivity index (χ3n) is 4.66. The van der Waals surface area contributed by atoms with Crippen molar-refractivity contribution in [1.29, 1.82) is 0 Å². The van der Waals surface area contributed by atoms with Crippen molar-refractivity contribution in [1.82, 2.24) is 4.57 Å². The molecule has 2 nitrogen and oxygen atoms in total. The first-order valence-electron chi connectivity index (χ1n) is 8.55. The summed E-state index contributed by atoms with van der Waals surface area (Å²) in [5.74, 6) is 0.623. The number of nitrogens with zero attached hydrogens (tertiary/aromatic N) is 1. The van der Waals surface area contributed by atoms with Gasteiger partial charge in [-0.1, -0.05) is 22.0 Å². The molecule has 0 saturated heterocycles. The number of halogens is 1. The lowest BCUT2D eigenvalue weighted by atomic mass is 10.1. The molecule has 0 N–H and O–H groups in total. The van der Waals surface area contributed by atoms with Crippen molar-refractivity contribution < 1.29 is 4.79 Å². The Balaban J connectivity index is 1.80. The molecule has 0 fully saturated rings. The van der Waals surface area contributed by atoms with Gasteiger partial charge in [0.1, 0.15) is 0 Å². The van der Waals surface area contributed by atoms with E-state index in [1.54, 1.807) is 11.8 Å². The molecule has 0 amide bonds. The van der Waals surface area contributed by atoms with Crippen LogP contribution < -0.4 is 0 Å². The number of carbonyl (C=O) groups excluding carboxylic acids is 1. The highest BCUT2D eigenvalue weighted by atomic mass is 79.9. The Morgan fingerprint density at radius 3 is 2.31 bits per heavy atom. The molecule has 0 atom stereocenters. The molecule has 0 aliphatic rings. The fourth-order valence-corrected chi connectivity index (χ4v) is 4.20. The molecule has 0 saturated carbocycles. The van der Waals surface area contributed by atoms with Crippen LogP contribution in [0.4, 0.5) is 0 Å². The molecule has 2 aromatic carbocycles. The fraction of sp³-hybridized carbons (Fsp3) is 0.227. The van der Waals surface area contributed by atoms with Crippen molar-refractivity contribution in [3.8, 4) is 5.69 Å². The number of thioether (sulfide) groups is 1. The lowest BCUT2D eigenvalue weighted by molar-refractivity contribution is 0.102. The summed E-state index contributed by atoms with van der Waals surface area (Å²) in [4.78, 5) is 13.9. The molecule has 0 unspecified atom stereocenters. The van der Waals surface area contributed by atoms with Crippen LogP contribution in [-0.2, 0) is 0 Å². The van der Waals surface area contributed by atoms with Gasteiger partial charge in [0.25, 0.3) is 0 Å². The smallest absolute Gasteiger partial charge is 0.174 e. The van der Waals surface area contributed by atoms with E-state index >= 15 is 0 Å². The molecule has 0 bridgehead atoms. The van der Waals surface area contributed by atoms with Crippen LogP contribution in [0.2, 0.25) is 0 Å². The minimum Gasteiger partial charge on any atom is -0.318 e. The van der Waals surface area contributed by atoms with Crippen LogP contribution >= 0.6 is 27.7 Å². The van der Waals surface area contributed by atoms with E-state index in [0.717, 1.165) is 32.0 Å². The predicted molar refractivity (Wildman–Crippen MR) is 114 cm³/mol. The van der Waals surface area contributed by atoms with E-state index in [4.69, 9.17) is 0 Å². The van der Waals surface area contributed by atoms with Crippen molar-refractivity contribution in [2.75, 3.05) is 5.75 Å². The summed E-state index contributed by atoms with van der Waals surface area (Å²) in [5, 5.41) is 0. The minimum atomic E-state index is 0.171. The Kier molecular flexibility index (Phi) is 5.73. The summed E-state index contributed by atoms with van der Waals surface area (Å²) in [6.07, 6.45) is 0. The van der Waals surface area contributed by atoms with E-state index in [2.05, 4.69) is 64.7 Å². The molecule has 1 heterocycles. The van der Waals surface area contributed by atoms with E-state index in [1.165, 1.54) is 11.1 Å². The molecular weight excluding hydrogens is 406 g/mol. The average Bonchev–Trinajstić information content (AvgIpc) is 2.91. The maximum absolute atomic E-state index is 12.8. The predicted octanol–water partition coefficient (Wildman–Crippen LogP) is 6.45. The molecule has 0 spiro atoms. The SMILES string of the molecule is Cc1ccc(SCC(=O)c2cc(C)n(-c3ccc(Br)cc3)c2C)cc1C. The third kappa shape index (κ3) is 3.97. The van der Waals surface area contributed by atoms with Gasteiger partial charge in [0.05, 0.1) is 5.75 Å². The summed E-state index contributed by atoms with van der Waals surface area (Å²) in [6.45, 7) is 8.27. The molecule has 0 aliphatic carbocycles. The van der Waals surface area contributed by atoms with Gasteiger partial charge in [0.2, 0.25) is 0 Å². The van der Waals surface area contributed by atoms with Crippen molar-refractivity contribution in [3.63, 3.8) is 0 Å². The van der Waals surface area contributed by atoms with Crippen molar-refractivity contribution >= 4 is 33.5 Å². The molecule has 0 aliphatic heterocycles. The van der Waals surface area contributed by atoms with Gasteiger partial charge in [-0.25, -0.2) is 0 Å². The number of Topliss-reactive ketones (excluding diaryl/α,β-unsaturated/α-hetero) is 1. The molecule has 0 radical (unpaired) electrons. The number of hydrogen-bond donors (Lipinski definition) is 0. The quantitative estimate of drug-likeness (QED) is 0.344. The highest BCUT2D eigenvalue weighted by molar-refractivity contribution is 9.10. The first-order valence-corrected chi connectivity index (χ1v) is 10.3. The van der Waals surface area contributed by atoms with Crippen LogP contribution in [0.25, 0.3) is 5.69 Å². The van der Waals surface area contributed by atoms with Crippen LogP contribution in [0, 0.1) is 27.7 Å². The monoisotopic (exact) mass is 427 g/mol. The third-order valence-corrected chi connectivity index (χ3v) is 6.19. The van der Waals surface area contributed by atoms with Gasteiger partial charge in [-0.05, 0) is 81.3 Å². The second-order valence-corrected chi connectivity index (χ2v) is 8.52. The lowest BCUT2D eigenvalue weighted by Crippen LogP contribution is -2.05. The number of benzene rings is 2. The van der Waals surface area contributed by atoms with Gasteiger partial charge < -0.3 is 4.57 Å². The van der Waals surface area contributed by atoms with Gasteiger partial charge in [-0.15, -0.1) is 11.8 Å². The fourth-order valence-electron chi connectivity index (χ4n) is 3.06. The van der Waals surface area contributed by atoms with Crippen molar-refractivity contribution in [3.05, 3.63) is 81.1 Å². The van der Waals surface area contributed by atoms with Gasteiger partial charge in [0.15, 0.2) is 5.78 Å². The van der Waals surface area contributed by atoms with Gasteiger partial charge in [-0.2, -0.15) is 0 Å². The summed E-state index contributed by atoms with van der Waals surface area (Å²) in [6, 6.07) is 16.5. The Bertz CT molecular complexity index is 957. The Labute approximate surface area is 167 Å². The number of hydrogen-bond acceptors (Lipinski definition) is 2. The summed E-state index contributed by atoms with van der Waals surface area (Å²) in [5.41, 5.74) is 6.49. The summed E-state index contributed by atoms with van der Waals surface area (Å²) >= 11 is 5.07. The van der Waals surface area contributed by atoms with E-state index in [9.17, 15) is 4.79 Å². The first kappa shape index (κ1) is 19.0. The van der Waals surface area contributed by atoms with Crippen LogP contribution in [0.3, 0.4) is 0 Å². The van der Waals surface area contributed by atoms with Gasteiger partial charge in [-0.3, -0.25) is 4.79 Å². The number of aromatic nitrogens is 1. The topological polar surface area (TPSA) is 22.0 Å². The van der Waals surface area contributed by atoms with E-state index < -0.39 is 0 Å². The highest BCUT2D eigenvalue weighted by Crippen LogP contribution is 2.26. The zero-order chi connectivity index (χ0) is 18.8. The van der Waals surface area contributed by atoms with Crippen LogP contribution in [0.15, 0.2) is 57.9 Å². The molecule has 4 heteroatoms. The summed E-state index contributed by atoms with van der Waals surface area (Å²) in [7, 11) is 0. The standard InChI is InChI=1S/C22H22BrNOS/c1-14-5-10-20(11-15(14)2)26-13-22(25)21-12-16(3)24(17(21)4)19-8-6-18(23)7-9-19/h5-12H,13H2,1-4H3. The summed E-state index contributed by atoms with van der Waals surface area (Å²) < 4.78 is 3.19. The molecule has 3 aromatic rings. The molecular formula is C22H22BrNOS. The zero-order valence-corrected chi connectivity index (χ0v) is 17.9.